The summed E-state index contributed by atoms with van der Waals surface area (Å²) in [6.07, 6.45) is 0.425. The lowest BCUT2D eigenvalue weighted by Crippen LogP contribution is -2.47. The number of piperazine rings is 1. The maximum Gasteiger partial charge on any atom is 0.225 e. The Morgan fingerprint density at radius 2 is 1.77 bits per heavy atom. The first kappa shape index (κ1) is 20.5. The zero-order valence-electron chi connectivity index (χ0n) is 14.3. The van der Waals surface area contributed by atoms with Crippen molar-refractivity contribution >= 4 is 41.3 Å². The van der Waals surface area contributed by atoms with Gasteiger partial charge in [-0.05, 0) is 42.5 Å². The molecule has 0 unspecified atom stereocenters. The molecule has 1 aliphatic rings. The molecule has 4 nitrogen and oxygen atoms in total. The van der Waals surface area contributed by atoms with Crippen LogP contribution in [0.4, 0.5) is 15.8 Å². The largest absolute Gasteiger partial charge is 0.369 e. The third kappa shape index (κ3) is 5.87. The van der Waals surface area contributed by atoms with E-state index >= 15 is 0 Å². The molecule has 140 valence electrons. The topological polar surface area (TPSA) is 35.6 Å². The van der Waals surface area contributed by atoms with Crippen LogP contribution in [0.1, 0.15) is 6.42 Å². The molecule has 1 amide bonds. The van der Waals surface area contributed by atoms with Gasteiger partial charge >= 0.3 is 0 Å². The third-order valence-electron chi connectivity index (χ3n) is 4.33. The summed E-state index contributed by atoms with van der Waals surface area (Å²) in [6, 6.07) is 13.7. The minimum atomic E-state index is -0.310. The lowest BCUT2D eigenvalue weighted by Gasteiger charge is -2.36. The number of hydrogen-bond acceptors (Lipinski definition) is 3. The van der Waals surface area contributed by atoms with Crippen molar-refractivity contribution in [2.75, 3.05) is 42.9 Å². The molecule has 26 heavy (non-hydrogen) atoms. The Labute approximate surface area is 164 Å². The van der Waals surface area contributed by atoms with Crippen LogP contribution < -0.4 is 10.2 Å². The second-order valence-corrected chi connectivity index (χ2v) is 6.55. The van der Waals surface area contributed by atoms with Gasteiger partial charge in [-0.15, -0.1) is 12.4 Å². The monoisotopic (exact) mass is 397 g/mol. The minimum absolute atomic E-state index is 0. The van der Waals surface area contributed by atoms with Crippen LogP contribution in [0.25, 0.3) is 0 Å². The van der Waals surface area contributed by atoms with E-state index in [1.807, 2.05) is 18.2 Å². The number of amides is 1. The van der Waals surface area contributed by atoms with Crippen molar-refractivity contribution in [1.29, 1.82) is 0 Å². The Hall–Kier alpha value is -1.82. The van der Waals surface area contributed by atoms with Gasteiger partial charge in [0.05, 0.1) is 0 Å². The zero-order chi connectivity index (χ0) is 17.6. The number of carbonyl (C=O) groups is 1. The lowest BCUT2D eigenvalue weighted by atomic mass is 10.2. The lowest BCUT2D eigenvalue weighted by molar-refractivity contribution is -0.116. The molecule has 2 aromatic carbocycles. The summed E-state index contributed by atoms with van der Waals surface area (Å²) in [6.45, 7) is 4.38. The van der Waals surface area contributed by atoms with Crippen LogP contribution in [0.15, 0.2) is 48.5 Å². The summed E-state index contributed by atoms with van der Waals surface area (Å²) < 4.78 is 12.9. The molecule has 1 heterocycles. The van der Waals surface area contributed by atoms with Crippen molar-refractivity contribution in [1.82, 2.24) is 4.90 Å². The number of halogens is 3. The first-order valence-corrected chi connectivity index (χ1v) is 8.76. The minimum Gasteiger partial charge on any atom is -0.369 e. The quantitative estimate of drug-likeness (QED) is 0.826. The van der Waals surface area contributed by atoms with Crippen molar-refractivity contribution in [2.24, 2.45) is 0 Å². The van der Waals surface area contributed by atoms with Gasteiger partial charge in [-0.2, -0.15) is 0 Å². The van der Waals surface area contributed by atoms with E-state index in [0.29, 0.717) is 12.1 Å². The molecule has 0 aliphatic carbocycles. The van der Waals surface area contributed by atoms with Crippen molar-refractivity contribution in [3.63, 3.8) is 0 Å². The highest BCUT2D eigenvalue weighted by molar-refractivity contribution is 6.30. The predicted octanol–water partition coefficient (Wildman–Crippen LogP) is 4.05. The maximum atomic E-state index is 12.9. The van der Waals surface area contributed by atoms with Gasteiger partial charge in [0.2, 0.25) is 5.91 Å². The van der Waals surface area contributed by atoms with E-state index in [9.17, 15) is 9.18 Å². The molecule has 1 aliphatic heterocycles. The van der Waals surface area contributed by atoms with Crippen molar-refractivity contribution in [3.8, 4) is 0 Å². The van der Waals surface area contributed by atoms with Crippen LogP contribution >= 0.6 is 24.0 Å². The second-order valence-electron chi connectivity index (χ2n) is 6.11. The number of anilines is 2. The zero-order valence-corrected chi connectivity index (χ0v) is 15.9. The highest BCUT2D eigenvalue weighted by atomic mass is 35.5. The van der Waals surface area contributed by atoms with E-state index in [4.69, 9.17) is 11.6 Å². The highest BCUT2D eigenvalue weighted by Gasteiger charge is 2.18. The Morgan fingerprint density at radius 3 is 2.42 bits per heavy atom. The Bertz CT molecular complexity index is 719. The number of carbonyl (C=O) groups excluding carboxylic acids is 1. The second kappa shape index (κ2) is 9.76. The van der Waals surface area contributed by atoms with E-state index < -0.39 is 0 Å². The van der Waals surface area contributed by atoms with Crippen LogP contribution in [0.5, 0.6) is 0 Å². The maximum absolute atomic E-state index is 12.9. The van der Waals surface area contributed by atoms with E-state index in [1.165, 1.54) is 12.1 Å². The fourth-order valence-electron chi connectivity index (χ4n) is 2.92. The predicted molar refractivity (Wildman–Crippen MR) is 107 cm³/mol. The normalized spacial score (nSPS) is 14.6. The Kier molecular flexibility index (Phi) is 7.69. The highest BCUT2D eigenvalue weighted by Crippen LogP contribution is 2.20. The summed E-state index contributed by atoms with van der Waals surface area (Å²) in [5.74, 6) is -0.362. The molecule has 0 aromatic heterocycles. The molecular formula is C19H22Cl2FN3O. The summed E-state index contributed by atoms with van der Waals surface area (Å²) >= 11 is 6.05. The number of nitrogens with one attached hydrogen (secondary N) is 1. The van der Waals surface area contributed by atoms with E-state index in [0.717, 1.165) is 43.4 Å². The van der Waals surface area contributed by atoms with Crippen LogP contribution in [-0.4, -0.2) is 43.5 Å². The fraction of sp³-hybridized carbons (Fsp3) is 0.316. The molecular weight excluding hydrogens is 376 g/mol. The van der Waals surface area contributed by atoms with Crippen LogP contribution in [0.3, 0.4) is 0 Å². The summed E-state index contributed by atoms with van der Waals surface area (Å²) in [5.41, 5.74) is 1.76. The number of nitrogens with zero attached hydrogens (tertiary/aromatic N) is 2. The summed E-state index contributed by atoms with van der Waals surface area (Å²) in [4.78, 5) is 16.6. The van der Waals surface area contributed by atoms with E-state index in [1.54, 1.807) is 12.1 Å². The molecule has 7 heteroatoms. The van der Waals surface area contributed by atoms with Gasteiger partial charge in [-0.3, -0.25) is 9.69 Å². The van der Waals surface area contributed by atoms with Crippen molar-refractivity contribution in [2.45, 2.75) is 6.42 Å². The molecule has 3 rings (SSSR count). The van der Waals surface area contributed by atoms with Gasteiger partial charge in [0.15, 0.2) is 0 Å². The van der Waals surface area contributed by atoms with Gasteiger partial charge < -0.3 is 10.2 Å². The Morgan fingerprint density at radius 1 is 1.08 bits per heavy atom. The smallest absolute Gasteiger partial charge is 0.225 e. The van der Waals surface area contributed by atoms with Crippen LogP contribution in [-0.2, 0) is 4.79 Å². The molecule has 0 spiro atoms. The van der Waals surface area contributed by atoms with Crippen LogP contribution in [0.2, 0.25) is 5.02 Å². The average molecular weight is 398 g/mol. The van der Waals surface area contributed by atoms with Gasteiger partial charge in [-0.1, -0.05) is 17.7 Å². The molecule has 1 fully saturated rings. The first-order valence-electron chi connectivity index (χ1n) is 8.38. The average Bonchev–Trinajstić information content (AvgIpc) is 2.62. The summed E-state index contributed by atoms with van der Waals surface area (Å²) in [5, 5.41) is 3.54. The standard InChI is InChI=1S/C19H21ClFN3O.ClH/c20-15-2-1-3-18(14-15)24-12-10-23(11-13-24)9-8-19(25)22-17-6-4-16(21)5-7-17;/h1-7,14H,8-13H2,(H,22,25);1H. The number of benzene rings is 2. The van der Waals surface area contributed by atoms with Gasteiger partial charge in [0.1, 0.15) is 5.82 Å². The summed E-state index contributed by atoms with van der Waals surface area (Å²) in [7, 11) is 0. The van der Waals surface area contributed by atoms with Crippen LogP contribution in [0, 0.1) is 5.82 Å². The molecule has 0 bridgehead atoms. The SMILES string of the molecule is Cl.O=C(CCN1CCN(c2cccc(Cl)c2)CC1)Nc1ccc(F)cc1. The third-order valence-corrected chi connectivity index (χ3v) is 4.56. The Balaban J connectivity index is 0.00000243. The van der Waals surface area contributed by atoms with E-state index in [-0.39, 0.29) is 24.1 Å². The molecule has 0 radical (unpaired) electrons. The molecule has 1 N–H and O–H groups in total. The fourth-order valence-corrected chi connectivity index (χ4v) is 3.10. The molecule has 1 saturated heterocycles. The number of rotatable bonds is 5. The van der Waals surface area contributed by atoms with Crippen molar-refractivity contribution in [3.05, 3.63) is 59.4 Å². The molecule has 0 atom stereocenters. The molecule has 2 aromatic rings. The number of hydrogen-bond donors (Lipinski definition) is 1. The van der Waals surface area contributed by atoms with Gasteiger partial charge in [0.25, 0.3) is 0 Å². The van der Waals surface area contributed by atoms with Gasteiger partial charge in [-0.25, -0.2) is 4.39 Å². The van der Waals surface area contributed by atoms with Crippen molar-refractivity contribution < 1.29 is 9.18 Å². The van der Waals surface area contributed by atoms with E-state index in [2.05, 4.69) is 21.2 Å². The van der Waals surface area contributed by atoms with Gasteiger partial charge in [0, 0.05) is 55.5 Å². The molecule has 0 saturated carbocycles. The first-order chi connectivity index (χ1) is 12.1.